The first-order chi connectivity index (χ1) is 7.56. The number of carbonyl (C=O) groups is 1. The summed E-state index contributed by atoms with van der Waals surface area (Å²) in [5, 5.41) is 5.85. The first kappa shape index (κ1) is 13.1. The Morgan fingerprint density at radius 1 is 1.62 bits per heavy atom. The lowest BCUT2D eigenvalue weighted by molar-refractivity contribution is -0.125. The molecule has 1 amide bonds. The zero-order valence-electron chi connectivity index (χ0n) is 9.93. The van der Waals surface area contributed by atoms with E-state index in [1.807, 2.05) is 26.2 Å². The molecule has 0 aliphatic carbocycles. The van der Waals surface area contributed by atoms with E-state index < -0.39 is 0 Å². The van der Waals surface area contributed by atoms with Crippen LogP contribution in [-0.4, -0.2) is 16.9 Å². The number of nitrogens with two attached hydrogens (primary N) is 1. The third-order valence-corrected chi connectivity index (χ3v) is 3.57. The van der Waals surface area contributed by atoms with Crippen molar-refractivity contribution in [2.24, 2.45) is 11.7 Å². The summed E-state index contributed by atoms with van der Waals surface area (Å²) >= 11 is 1.56. The molecule has 0 saturated heterocycles. The van der Waals surface area contributed by atoms with E-state index in [4.69, 9.17) is 5.73 Å². The molecular formula is C11H19N3OS. The molecule has 3 atom stereocenters. The number of hydrogen-bond acceptors (Lipinski definition) is 4. The fraction of sp³-hybridized carbons (Fsp3) is 0.636. The van der Waals surface area contributed by atoms with E-state index in [0.29, 0.717) is 0 Å². The first-order valence-electron chi connectivity index (χ1n) is 5.51. The Kier molecular flexibility index (Phi) is 4.89. The zero-order valence-corrected chi connectivity index (χ0v) is 10.8. The monoisotopic (exact) mass is 241 g/mol. The number of rotatable bonds is 5. The largest absolute Gasteiger partial charge is 0.347 e. The van der Waals surface area contributed by atoms with Gasteiger partial charge in [0.1, 0.15) is 5.01 Å². The Balaban J connectivity index is 2.61. The third-order valence-electron chi connectivity index (χ3n) is 2.68. The van der Waals surface area contributed by atoms with Gasteiger partial charge in [0, 0.05) is 23.5 Å². The fourth-order valence-electron chi connectivity index (χ4n) is 1.29. The Morgan fingerprint density at radius 2 is 2.31 bits per heavy atom. The Bertz CT molecular complexity index is 324. The number of hydrogen-bond donors (Lipinski definition) is 2. The van der Waals surface area contributed by atoms with Gasteiger partial charge in [0.2, 0.25) is 5.91 Å². The number of nitrogens with one attached hydrogen (secondary N) is 1. The second-order valence-corrected chi connectivity index (χ2v) is 4.91. The topological polar surface area (TPSA) is 68.0 Å². The van der Waals surface area contributed by atoms with Gasteiger partial charge < -0.3 is 11.1 Å². The SMILES string of the molecule is CCC(NC(=O)C(C)C(C)N)c1nccs1. The summed E-state index contributed by atoms with van der Waals surface area (Å²) in [7, 11) is 0. The van der Waals surface area contributed by atoms with E-state index in [1.54, 1.807) is 17.5 Å². The third kappa shape index (κ3) is 3.28. The van der Waals surface area contributed by atoms with Crippen molar-refractivity contribution in [3.63, 3.8) is 0 Å². The molecular weight excluding hydrogens is 222 g/mol. The van der Waals surface area contributed by atoms with Gasteiger partial charge in [0.15, 0.2) is 0 Å². The van der Waals surface area contributed by atoms with Gasteiger partial charge in [0.25, 0.3) is 0 Å². The lowest BCUT2D eigenvalue weighted by atomic mass is 10.0. The summed E-state index contributed by atoms with van der Waals surface area (Å²) < 4.78 is 0. The molecule has 0 bridgehead atoms. The highest BCUT2D eigenvalue weighted by Gasteiger charge is 2.21. The molecule has 0 aliphatic heterocycles. The van der Waals surface area contributed by atoms with Crippen LogP contribution in [0, 0.1) is 5.92 Å². The molecule has 1 heterocycles. The maximum atomic E-state index is 11.8. The first-order valence-corrected chi connectivity index (χ1v) is 6.39. The van der Waals surface area contributed by atoms with Gasteiger partial charge in [-0.05, 0) is 13.3 Å². The normalized spacial score (nSPS) is 16.5. The average Bonchev–Trinajstić information content (AvgIpc) is 2.77. The molecule has 3 unspecified atom stereocenters. The van der Waals surface area contributed by atoms with Crippen LogP contribution >= 0.6 is 11.3 Å². The van der Waals surface area contributed by atoms with Gasteiger partial charge in [-0.1, -0.05) is 13.8 Å². The smallest absolute Gasteiger partial charge is 0.224 e. The molecule has 0 aliphatic rings. The highest BCUT2D eigenvalue weighted by molar-refractivity contribution is 7.09. The van der Waals surface area contributed by atoms with Gasteiger partial charge in [-0.3, -0.25) is 4.79 Å². The summed E-state index contributed by atoms with van der Waals surface area (Å²) in [5.74, 6) is -0.175. The van der Waals surface area contributed by atoms with E-state index in [9.17, 15) is 4.79 Å². The second kappa shape index (κ2) is 5.96. The number of aromatic nitrogens is 1. The van der Waals surface area contributed by atoms with Crippen molar-refractivity contribution in [3.8, 4) is 0 Å². The summed E-state index contributed by atoms with van der Waals surface area (Å²) in [6.07, 6.45) is 2.59. The maximum absolute atomic E-state index is 11.8. The molecule has 0 saturated carbocycles. The molecule has 1 aromatic rings. The minimum Gasteiger partial charge on any atom is -0.347 e. The molecule has 0 aromatic carbocycles. The van der Waals surface area contributed by atoms with Gasteiger partial charge in [0.05, 0.1) is 6.04 Å². The average molecular weight is 241 g/mol. The van der Waals surface area contributed by atoms with Crippen LogP contribution in [0.3, 0.4) is 0 Å². The van der Waals surface area contributed by atoms with Crippen LogP contribution in [0.15, 0.2) is 11.6 Å². The van der Waals surface area contributed by atoms with Crippen molar-refractivity contribution in [1.29, 1.82) is 0 Å². The van der Waals surface area contributed by atoms with E-state index in [1.165, 1.54) is 0 Å². The van der Waals surface area contributed by atoms with Gasteiger partial charge in [-0.25, -0.2) is 4.98 Å². The van der Waals surface area contributed by atoms with Gasteiger partial charge in [-0.2, -0.15) is 0 Å². The fourth-order valence-corrected chi connectivity index (χ4v) is 2.06. The summed E-state index contributed by atoms with van der Waals surface area (Å²) in [4.78, 5) is 16.1. The predicted molar refractivity (Wildman–Crippen MR) is 66.1 cm³/mol. The van der Waals surface area contributed by atoms with Crippen molar-refractivity contribution < 1.29 is 4.79 Å². The van der Waals surface area contributed by atoms with E-state index in [2.05, 4.69) is 10.3 Å². The molecule has 0 fully saturated rings. The number of thiazole rings is 1. The van der Waals surface area contributed by atoms with Crippen LogP contribution in [-0.2, 0) is 4.79 Å². The van der Waals surface area contributed by atoms with E-state index in [-0.39, 0.29) is 23.9 Å². The highest BCUT2D eigenvalue weighted by Crippen LogP contribution is 2.19. The molecule has 0 radical (unpaired) electrons. The molecule has 3 N–H and O–H groups in total. The standard InChI is InChI=1S/C11H19N3OS/c1-4-9(11-13-5-6-16-11)14-10(15)7(2)8(3)12/h5-9H,4,12H2,1-3H3,(H,14,15). The van der Waals surface area contributed by atoms with Crippen molar-refractivity contribution >= 4 is 17.2 Å². The van der Waals surface area contributed by atoms with Crippen molar-refractivity contribution in [2.45, 2.75) is 39.3 Å². The minimum atomic E-state index is -0.172. The summed E-state index contributed by atoms with van der Waals surface area (Å²) in [6.45, 7) is 5.71. The summed E-state index contributed by atoms with van der Waals surface area (Å²) in [5.41, 5.74) is 5.70. The summed E-state index contributed by atoms with van der Waals surface area (Å²) in [6, 6.07) is -0.123. The lowest BCUT2D eigenvalue weighted by Crippen LogP contribution is -2.40. The predicted octanol–water partition coefficient (Wildman–Crippen LogP) is 1.69. The van der Waals surface area contributed by atoms with Crippen LogP contribution in [0.4, 0.5) is 0 Å². The number of nitrogens with zero attached hydrogens (tertiary/aromatic N) is 1. The Hall–Kier alpha value is -0.940. The Labute approximate surface area is 100 Å². The molecule has 4 nitrogen and oxygen atoms in total. The number of carbonyl (C=O) groups excluding carboxylic acids is 1. The minimum absolute atomic E-state index is 0.00273. The van der Waals surface area contributed by atoms with Crippen molar-refractivity contribution in [2.75, 3.05) is 0 Å². The molecule has 5 heteroatoms. The highest BCUT2D eigenvalue weighted by atomic mass is 32.1. The van der Waals surface area contributed by atoms with Crippen LogP contribution in [0.25, 0.3) is 0 Å². The molecule has 1 aromatic heterocycles. The quantitative estimate of drug-likeness (QED) is 0.824. The second-order valence-electron chi connectivity index (χ2n) is 3.99. The molecule has 0 spiro atoms. The van der Waals surface area contributed by atoms with Crippen LogP contribution in [0.1, 0.15) is 38.2 Å². The zero-order chi connectivity index (χ0) is 12.1. The van der Waals surface area contributed by atoms with Gasteiger partial charge in [-0.15, -0.1) is 11.3 Å². The molecule has 16 heavy (non-hydrogen) atoms. The van der Waals surface area contributed by atoms with Crippen molar-refractivity contribution in [3.05, 3.63) is 16.6 Å². The van der Waals surface area contributed by atoms with Crippen LogP contribution < -0.4 is 11.1 Å². The van der Waals surface area contributed by atoms with Gasteiger partial charge >= 0.3 is 0 Å². The van der Waals surface area contributed by atoms with E-state index >= 15 is 0 Å². The maximum Gasteiger partial charge on any atom is 0.224 e. The van der Waals surface area contributed by atoms with Crippen LogP contribution in [0.2, 0.25) is 0 Å². The lowest BCUT2D eigenvalue weighted by Gasteiger charge is -2.20. The van der Waals surface area contributed by atoms with E-state index in [0.717, 1.165) is 11.4 Å². The van der Waals surface area contributed by atoms with Crippen LogP contribution in [0.5, 0.6) is 0 Å². The Morgan fingerprint density at radius 3 is 2.75 bits per heavy atom. The molecule has 90 valence electrons. The van der Waals surface area contributed by atoms with Crippen molar-refractivity contribution in [1.82, 2.24) is 10.3 Å². The molecule has 1 rings (SSSR count). The number of amides is 1.